The molecule has 0 heterocycles. The minimum absolute atomic E-state index is 0.811. The van der Waals surface area contributed by atoms with Crippen molar-refractivity contribution >= 4 is 11.6 Å². The van der Waals surface area contributed by atoms with Gasteiger partial charge in [-0.2, -0.15) is 0 Å². The van der Waals surface area contributed by atoms with Gasteiger partial charge < -0.3 is 5.32 Å². The first kappa shape index (κ1) is 15.9. The summed E-state index contributed by atoms with van der Waals surface area (Å²) in [4.78, 5) is 0. The fourth-order valence-electron chi connectivity index (χ4n) is 3.61. The molecule has 1 aromatic carbocycles. The van der Waals surface area contributed by atoms with Gasteiger partial charge in [0.1, 0.15) is 0 Å². The van der Waals surface area contributed by atoms with E-state index < -0.39 is 0 Å². The fourth-order valence-corrected chi connectivity index (χ4v) is 3.82. The maximum atomic E-state index is 6.13. The first-order valence-electron chi connectivity index (χ1n) is 8.18. The van der Waals surface area contributed by atoms with E-state index in [0.717, 1.165) is 29.3 Å². The lowest BCUT2D eigenvalue weighted by molar-refractivity contribution is 0.172. The zero-order valence-electron chi connectivity index (χ0n) is 12.9. The molecule has 0 amide bonds. The molecule has 0 radical (unpaired) electrons. The van der Waals surface area contributed by atoms with Crippen LogP contribution in [0.25, 0.3) is 0 Å². The van der Waals surface area contributed by atoms with Crippen LogP contribution in [0.3, 0.4) is 0 Å². The Kier molecular flexibility index (Phi) is 6.38. The number of halogens is 1. The number of benzene rings is 1. The van der Waals surface area contributed by atoms with Gasteiger partial charge in [0.25, 0.3) is 0 Å². The van der Waals surface area contributed by atoms with E-state index in [4.69, 9.17) is 11.6 Å². The van der Waals surface area contributed by atoms with Crippen molar-refractivity contribution in [3.63, 3.8) is 0 Å². The van der Waals surface area contributed by atoms with Gasteiger partial charge in [0.15, 0.2) is 0 Å². The van der Waals surface area contributed by atoms with Crippen molar-refractivity contribution in [2.75, 3.05) is 13.1 Å². The zero-order chi connectivity index (χ0) is 14.4. The molecule has 1 fully saturated rings. The predicted molar refractivity (Wildman–Crippen MR) is 88.3 cm³/mol. The normalized spacial score (nSPS) is 26.6. The molecule has 0 aliphatic heterocycles. The molecule has 112 valence electrons. The van der Waals surface area contributed by atoms with Crippen LogP contribution >= 0.6 is 11.6 Å². The highest BCUT2D eigenvalue weighted by Gasteiger charge is 2.29. The summed E-state index contributed by atoms with van der Waals surface area (Å²) in [7, 11) is 0. The van der Waals surface area contributed by atoms with E-state index in [1.165, 1.54) is 44.2 Å². The monoisotopic (exact) mass is 293 g/mol. The molecular weight excluding hydrogens is 266 g/mol. The van der Waals surface area contributed by atoms with Crippen molar-refractivity contribution in [1.29, 1.82) is 0 Å². The van der Waals surface area contributed by atoms with E-state index in [9.17, 15) is 0 Å². The zero-order valence-corrected chi connectivity index (χ0v) is 13.6. The molecule has 2 heteroatoms. The number of hydrogen-bond acceptors (Lipinski definition) is 1. The molecule has 0 saturated heterocycles. The Labute approximate surface area is 129 Å². The van der Waals surface area contributed by atoms with Crippen LogP contribution in [0.2, 0.25) is 5.02 Å². The standard InChI is InChI=1S/C18H28ClN/c1-3-14-8-9-16(13-20-4-2)17(10-14)11-15-6-5-7-18(19)12-15/h5-7,12,14,16-17,20H,3-4,8-11,13H2,1-2H3. The van der Waals surface area contributed by atoms with Gasteiger partial charge in [0.05, 0.1) is 0 Å². The third-order valence-corrected chi connectivity index (χ3v) is 5.10. The van der Waals surface area contributed by atoms with E-state index in [-0.39, 0.29) is 0 Å². The summed E-state index contributed by atoms with van der Waals surface area (Å²) in [6.45, 7) is 6.80. The number of rotatable bonds is 6. The van der Waals surface area contributed by atoms with Gasteiger partial charge in [-0.3, -0.25) is 0 Å². The Hall–Kier alpha value is -0.530. The second-order valence-corrected chi connectivity index (χ2v) is 6.69. The highest BCUT2D eigenvalue weighted by atomic mass is 35.5. The second-order valence-electron chi connectivity index (χ2n) is 6.25. The van der Waals surface area contributed by atoms with Crippen molar-refractivity contribution in [3.05, 3.63) is 34.9 Å². The van der Waals surface area contributed by atoms with Gasteiger partial charge in [0.2, 0.25) is 0 Å². The molecule has 1 N–H and O–H groups in total. The lowest BCUT2D eigenvalue weighted by atomic mass is 9.71. The lowest BCUT2D eigenvalue weighted by Gasteiger charge is -2.36. The Morgan fingerprint density at radius 3 is 2.75 bits per heavy atom. The van der Waals surface area contributed by atoms with Gasteiger partial charge in [-0.1, -0.05) is 50.4 Å². The van der Waals surface area contributed by atoms with Crippen molar-refractivity contribution < 1.29 is 0 Å². The van der Waals surface area contributed by atoms with E-state index >= 15 is 0 Å². The molecule has 3 atom stereocenters. The topological polar surface area (TPSA) is 12.0 Å². The summed E-state index contributed by atoms with van der Waals surface area (Å²) in [5.41, 5.74) is 1.40. The Bertz CT molecular complexity index is 404. The number of hydrogen-bond donors (Lipinski definition) is 1. The van der Waals surface area contributed by atoms with Gasteiger partial charge in [-0.05, 0) is 67.8 Å². The maximum absolute atomic E-state index is 6.13. The van der Waals surface area contributed by atoms with E-state index in [1.54, 1.807) is 0 Å². The molecule has 1 nitrogen and oxygen atoms in total. The first-order chi connectivity index (χ1) is 9.72. The molecule has 3 unspecified atom stereocenters. The highest BCUT2D eigenvalue weighted by Crippen LogP contribution is 2.37. The summed E-state index contributed by atoms with van der Waals surface area (Å²) in [5, 5.41) is 4.42. The van der Waals surface area contributed by atoms with Crippen LogP contribution in [0, 0.1) is 17.8 Å². The average molecular weight is 294 g/mol. The van der Waals surface area contributed by atoms with Crippen molar-refractivity contribution in [2.24, 2.45) is 17.8 Å². The quantitative estimate of drug-likeness (QED) is 0.784. The molecule has 2 rings (SSSR count). The van der Waals surface area contributed by atoms with Crippen molar-refractivity contribution in [3.8, 4) is 0 Å². The van der Waals surface area contributed by atoms with E-state index in [1.807, 2.05) is 6.07 Å². The summed E-state index contributed by atoms with van der Waals surface area (Å²) < 4.78 is 0. The van der Waals surface area contributed by atoms with Gasteiger partial charge in [-0.15, -0.1) is 0 Å². The third-order valence-electron chi connectivity index (χ3n) is 4.87. The lowest BCUT2D eigenvalue weighted by Crippen LogP contribution is -2.34. The van der Waals surface area contributed by atoms with Crippen LogP contribution in [0.1, 0.15) is 45.1 Å². The van der Waals surface area contributed by atoms with E-state index in [2.05, 4.69) is 37.4 Å². The largest absolute Gasteiger partial charge is 0.317 e. The minimum Gasteiger partial charge on any atom is -0.317 e. The van der Waals surface area contributed by atoms with Crippen LogP contribution in [-0.4, -0.2) is 13.1 Å². The smallest absolute Gasteiger partial charge is 0.0408 e. The molecule has 1 aliphatic rings. The second kappa shape index (κ2) is 8.05. The minimum atomic E-state index is 0.811. The molecule has 1 aromatic rings. The van der Waals surface area contributed by atoms with Crippen LogP contribution in [-0.2, 0) is 6.42 Å². The summed E-state index contributed by atoms with van der Waals surface area (Å²) in [6.07, 6.45) is 6.71. The van der Waals surface area contributed by atoms with E-state index in [0.29, 0.717) is 0 Å². The highest BCUT2D eigenvalue weighted by molar-refractivity contribution is 6.30. The van der Waals surface area contributed by atoms with Crippen LogP contribution < -0.4 is 5.32 Å². The first-order valence-corrected chi connectivity index (χ1v) is 8.55. The summed E-state index contributed by atoms with van der Waals surface area (Å²) in [5.74, 6) is 2.57. The third kappa shape index (κ3) is 4.49. The van der Waals surface area contributed by atoms with Gasteiger partial charge >= 0.3 is 0 Å². The Balaban J connectivity index is 2.02. The predicted octanol–water partition coefficient (Wildman–Crippen LogP) is 4.93. The Morgan fingerprint density at radius 1 is 1.20 bits per heavy atom. The summed E-state index contributed by atoms with van der Waals surface area (Å²) >= 11 is 6.13. The van der Waals surface area contributed by atoms with Gasteiger partial charge in [0, 0.05) is 5.02 Å². The maximum Gasteiger partial charge on any atom is 0.0408 e. The molecule has 0 bridgehead atoms. The van der Waals surface area contributed by atoms with Crippen LogP contribution in [0.15, 0.2) is 24.3 Å². The van der Waals surface area contributed by atoms with Crippen LogP contribution in [0.5, 0.6) is 0 Å². The number of nitrogens with one attached hydrogen (secondary N) is 1. The fraction of sp³-hybridized carbons (Fsp3) is 0.667. The van der Waals surface area contributed by atoms with Gasteiger partial charge in [-0.25, -0.2) is 0 Å². The Morgan fingerprint density at radius 2 is 2.05 bits per heavy atom. The van der Waals surface area contributed by atoms with Crippen molar-refractivity contribution in [2.45, 2.75) is 46.0 Å². The summed E-state index contributed by atoms with van der Waals surface area (Å²) in [6, 6.07) is 8.42. The molecule has 1 saturated carbocycles. The average Bonchev–Trinajstić information content (AvgIpc) is 2.46. The van der Waals surface area contributed by atoms with Crippen LogP contribution in [0.4, 0.5) is 0 Å². The molecule has 20 heavy (non-hydrogen) atoms. The van der Waals surface area contributed by atoms with Crippen molar-refractivity contribution in [1.82, 2.24) is 5.32 Å². The molecule has 0 aromatic heterocycles. The molecule has 0 spiro atoms. The SMILES string of the molecule is CCNCC1CCC(CC)CC1Cc1cccc(Cl)c1. The molecular formula is C18H28ClN. The molecule has 1 aliphatic carbocycles.